The third-order valence-electron chi connectivity index (χ3n) is 3.95. The van der Waals surface area contributed by atoms with Gasteiger partial charge in [-0.25, -0.2) is 9.48 Å². The van der Waals surface area contributed by atoms with Crippen molar-refractivity contribution in [3.63, 3.8) is 0 Å². The third kappa shape index (κ3) is 5.01. The number of methoxy groups -OCH3 is 1. The highest BCUT2D eigenvalue weighted by atomic mass is 32.2. The average molecular weight is 400 g/mol. The molecule has 0 radical (unpaired) electrons. The molecule has 0 atom stereocenters. The Morgan fingerprint density at radius 1 is 1.21 bits per heavy atom. The molecule has 0 spiro atoms. The number of thioether (sulfide) groups is 1. The van der Waals surface area contributed by atoms with E-state index < -0.39 is 0 Å². The number of nitrogens with one attached hydrogen (secondary N) is 1. The Hall–Kier alpha value is -3.07. The minimum atomic E-state index is -0.305. The molecule has 28 heavy (non-hydrogen) atoms. The number of carbonyl (C=O) groups is 2. The van der Waals surface area contributed by atoms with Crippen molar-refractivity contribution < 1.29 is 14.3 Å². The van der Waals surface area contributed by atoms with Crippen LogP contribution in [0.5, 0.6) is 0 Å². The van der Waals surface area contributed by atoms with Crippen LogP contribution in [0.25, 0.3) is 5.65 Å². The lowest BCUT2D eigenvalue weighted by molar-refractivity contribution is -0.137. The summed E-state index contributed by atoms with van der Waals surface area (Å²) in [5.41, 5.74) is 1.87. The SMILES string of the molecule is COC(=O)CSCCC(=O)Nc1cccc(Cn2nc3ccccn3c2=O)c1. The van der Waals surface area contributed by atoms with Crippen molar-refractivity contribution in [3.05, 3.63) is 64.7 Å². The Labute approximate surface area is 165 Å². The molecule has 0 aliphatic rings. The number of nitrogens with zero attached hydrogens (tertiary/aromatic N) is 3. The number of amides is 1. The standard InChI is InChI=1S/C19H20N4O4S/c1-27-18(25)13-28-10-8-17(24)20-15-6-4-5-14(11-15)12-23-19(26)22-9-3-2-7-16(22)21-23/h2-7,9,11H,8,10,12-13H2,1H3,(H,20,24). The smallest absolute Gasteiger partial charge is 0.350 e. The lowest BCUT2D eigenvalue weighted by Gasteiger charge is -2.07. The molecule has 0 saturated carbocycles. The van der Waals surface area contributed by atoms with Gasteiger partial charge in [0.25, 0.3) is 0 Å². The second-order valence-corrected chi connectivity index (χ2v) is 7.10. The predicted octanol–water partition coefficient (Wildman–Crippen LogP) is 1.78. The van der Waals surface area contributed by atoms with Gasteiger partial charge >= 0.3 is 11.7 Å². The number of esters is 1. The molecule has 146 valence electrons. The number of benzene rings is 1. The second kappa shape index (κ2) is 9.23. The summed E-state index contributed by atoms with van der Waals surface area (Å²) < 4.78 is 7.42. The molecule has 2 aromatic heterocycles. The first-order valence-corrected chi connectivity index (χ1v) is 9.80. The van der Waals surface area contributed by atoms with Gasteiger partial charge in [-0.15, -0.1) is 16.9 Å². The zero-order valence-electron chi connectivity index (χ0n) is 15.3. The maximum absolute atomic E-state index is 12.4. The third-order valence-corrected chi connectivity index (χ3v) is 4.89. The Morgan fingerprint density at radius 3 is 2.86 bits per heavy atom. The van der Waals surface area contributed by atoms with Gasteiger partial charge in [0.15, 0.2) is 5.65 Å². The van der Waals surface area contributed by atoms with Crippen molar-refractivity contribution >= 4 is 35.0 Å². The first kappa shape index (κ1) is 19.7. The van der Waals surface area contributed by atoms with E-state index in [1.54, 1.807) is 24.4 Å². The molecule has 0 unspecified atom stereocenters. The molecule has 8 nitrogen and oxygen atoms in total. The summed E-state index contributed by atoms with van der Waals surface area (Å²) in [7, 11) is 1.34. The first-order chi connectivity index (χ1) is 13.6. The number of aromatic nitrogens is 3. The summed E-state index contributed by atoms with van der Waals surface area (Å²) >= 11 is 1.35. The number of ether oxygens (including phenoxy) is 1. The Balaban J connectivity index is 1.59. The molecule has 0 saturated heterocycles. The van der Waals surface area contributed by atoms with Crippen LogP contribution >= 0.6 is 11.8 Å². The summed E-state index contributed by atoms with van der Waals surface area (Å²) in [5.74, 6) is 0.310. The zero-order chi connectivity index (χ0) is 19.9. The van der Waals surface area contributed by atoms with Crippen molar-refractivity contribution in [2.24, 2.45) is 0 Å². The number of rotatable bonds is 8. The van der Waals surface area contributed by atoms with Gasteiger partial charge < -0.3 is 10.1 Å². The molecule has 3 aromatic rings. The van der Waals surface area contributed by atoms with E-state index in [1.807, 2.05) is 24.3 Å². The van der Waals surface area contributed by atoms with Crippen LogP contribution in [0.3, 0.4) is 0 Å². The molecule has 3 rings (SSSR count). The monoisotopic (exact) mass is 400 g/mol. The summed E-state index contributed by atoms with van der Waals surface area (Å²) in [6.45, 7) is 0.305. The molecule has 1 aromatic carbocycles. The van der Waals surface area contributed by atoms with Crippen LogP contribution in [0.1, 0.15) is 12.0 Å². The molecular formula is C19H20N4O4S. The largest absolute Gasteiger partial charge is 0.468 e. The number of hydrogen-bond donors (Lipinski definition) is 1. The highest BCUT2D eigenvalue weighted by Gasteiger charge is 2.08. The minimum Gasteiger partial charge on any atom is -0.468 e. The number of anilines is 1. The molecule has 0 aliphatic heterocycles. The summed E-state index contributed by atoms with van der Waals surface area (Å²) in [5, 5.41) is 7.14. The van der Waals surface area contributed by atoms with Gasteiger partial charge in [-0.1, -0.05) is 18.2 Å². The van der Waals surface area contributed by atoms with Gasteiger partial charge in [0.1, 0.15) is 0 Å². The lowest BCUT2D eigenvalue weighted by Crippen LogP contribution is -2.21. The number of hydrogen-bond acceptors (Lipinski definition) is 6. The average Bonchev–Trinajstić information content (AvgIpc) is 3.01. The van der Waals surface area contributed by atoms with Crippen LogP contribution in [-0.2, 0) is 20.9 Å². The van der Waals surface area contributed by atoms with E-state index in [-0.39, 0.29) is 29.7 Å². The molecular weight excluding hydrogens is 380 g/mol. The quantitative estimate of drug-likeness (QED) is 0.458. The summed E-state index contributed by atoms with van der Waals surface area (Å²) in [4.78, 5) is 35.5. The van der Waals surface area contributed by atoms with E-state index in [1.165, 1.54) is 28.0 Å². The normalized spacial score (nSPS) is 10.8. The van der Waals surface area contributed by atoms with Crippen LogP contribution in [0.4, 0.5) is 5.69 Å². The van der Waals surface area contributed by atoms with E-state index >= 15 is 0 Å². The fourth-order valence-electron chi connectivity index (χ4n) is 2.59. The van der Waals surface area contributed by atoms with E-state index in [4.69, 9.17) is 0 Å². The number of pyridine rings is 1. The van der Waals surface area contributed by atoms with Crippen LogP contribution in [0.15, 0.2) is 53.5 Å². The summed E-state index contributed by atoms with van der Waals surface area (Å²) in [6, 6.07) is 12.7. The van der Waals surface area contributed by atoms with E-state index in [2.05, 4.69) is 15.2 Å². The van der Waals surface area contributed by atoms with E-state index in [0.29, 0.717) is 23.6 Å². The highest BCUT2D eigenvalue weighted by molar-refractivity contribution is 7.99. The molecule has 2 heterocycles. The molecule has 0 bridgehead atoms. The number of fused-ring (bicyclic) bond motifs is 1. The van der Waals surface area contributed by atoms with Crippen molar-refractivity contribution in [2.75, 3.05) is 23.9 Å². The molecule has 0 fully saturated rings. The lowest BCUT2D eigenvalue weighted by atomic mass is 10.2. The minimum absolute atomic E-state index is 0.139. The van der Waals surface area contributed by atoms with Crippen molar-refractivity contribution in [1.29, 1.82) is 0 Å². The zero-order valence-corrected chi connectivity index (χ0v) is 16.1. The number of carbonyl (C=O) groups excluding carboxylic acids is 2. The second-order valence-electron chi connectivity index (χ2n) is 6.00. The van der Waals surface area contributed by atoms with Gasteiger partial charge in [-0.05, 0) is 29.8 Å². The van der Waals surface area contributed by atoms with Crippen LogP contribution in [-0.4, -0.2) is 44.7 Å². The topological polar surface area (TPSA) is 94.7 Å². The Kier molecular flexibility index (Phi) is 6.49. The van der Waals surface area contributed by atoms with Crippen LogP contribution in [0, 0.1) is 0 Å². The molecule has 1 N–H and O–H groups in total. The van der Waals surface area contributed by atoms with Gasteiger partial charge in [-0.2, -0.15) is 0 Å². The Bertz CT molecular complexity index is 1040. The van der Waals surface area contributed by atoms with Gasteiger partial charge in [-0.3, -0.25) is 14.0 Å². The van der Waals surface area contributed by atoms with Crippen LogP contribution < -0.4 is 11.0 Å². The fourth-order valence-corrected chi connectivity index (χ4v) is 3.35. The van der Waals surface area contributed by atoms with Crippen molar-refractivity contribution in [3.8, 4) is 0 Å². The van der Waals surface area contributed by atoms with Gasteiger partial charge in [0, 0.05) is 24.1 Å². The molecule has 0 aliphatic carbocycles. The maximum Gasteiger partial charge on any atom is 0.350 e. The molecule has 1 amide bonds. The van der Waals surface area contributed by atoms with Gasteiger partial charge in [0.2, 0.25) is 5.91 Å². The predicted molar refractivity (Wildman–Crippen MR) is 108 cm³/mol. The van der Waals surface area contributed by atoms with E-state index in [9.17, 15) is 14.4 Å². The fraction of sp³-hybridized carbons (Fsp3) is 0.263. The van der Waals surface area contributed by atoms with E-state index in [0.717, 1.165) is 5.56 Å². The van der Waals surface area contributed by atoms with Crippen molar-refractivity contribution in [2.45, 2.75) is 13.0 Å². The first-order valence-electron chi connectivity index (χ1n) is 8.64. The highest BCUT2D eigenvalue weighted by Crippen LogP contribution is 2.13. The van der Waals surface area contributed by atoms with Crippen molar-refractivity contribution in [1.82, 2.24) is 14.2 Å². The van der Waals surface area contributed by atoms with Gasteiger partial charge in [0.05, 0.1) is 19.4 Å². The summed E-state index contributed by atoms with van der Waals surface area (Å²) in [6.07, 6.45) is 1.97. The Morgan fingerprint density at radius 2 is 2.07 bits per heavy atom. The maximum atomic E-state index is 12.4. The van der Waals surface area contributed by atoms with Crippen LogP contribution in [0.2, 0.25) is 0 Å². The molecule has 9 heteroatoms.